The van der Waals surface area contributed by atoms with Crippen LogP contribution in [0.3, 0.4) is 0 Å². The van der Waals surface area contributed by atoms with E-state index in [-0.39, 0.29) is 0 Å². The molecule has 0 saturated heterocycles. The van der Waals surface area contributed by atoms with Gasteiger partial charge in [0.05, 0.1) is 5.56 Å². The number of nitrogens with zero attached hydrogens (tertiary/aromatic N) is 3. The molecule has 0 spiro atoms. The second-order valence-electron chi connectivity index (χ2n) is 7.85. The highest BCUT2D eigenvalue weighted by Gasteiger charge is 2.28. The molecule has 1 saturated carbocycles. The zero-order valence-corrected chi connectivity index (χ0v) is 17.4. The van der Waals surface area contributed by atoms with Gasteiger partial charge in [0.25, 0.3) is 5.91 Å². The van der Waals surface area contributed by atoms with Crippen molar-refractivity contribution in [2.24, 2.45) is 5.73 Å². The lowest BCUT2D eigenvalue weighted by Gasteiger charge is -2.38. The molecule has 2 heterocycles. The van der Waals surface area contributed by atoms with Crippen molar-refractivity contribution < 1.29 is 4.79 Å². The number of amides is 1. The average Bonchev–Trinajstić information content (AvgIpc) is 2.78. The predicted octanol–water partition coefficient (Wildman–Crippen LogP) is 3.44. The van der Waals surface area contributed by atoms with Gasteiger partial charge in [-0.25, -0.2) is 4.98 Å². The first-order valence-electron chi connectivity index (χ1n) is 10.4. The summed E-state index contributed by atoms with van der Waals surface area (Å²) in [4.78, 5) is 23.2. The van der Waals surface area contributed by atoms with Gasteiger partial charge in [-0.05, 0) is 55.6 Å². The molecule has 0 bridgehead atoms. The lowest BCUT2D eigenvalue weighted by Crippen LogP contribution is -2.49. The fraction of sp³-hybridized carbons (Fsp3) is 0.348. The van der Waals surface area contributed by atoms with Crippen LogP contribution in [0.5, 0.6) is 0 Å². The highest BCUT2D eigenvalue weighted by molar-refractivity contribution is 5.99. The molecule has 7 heteroatoms. The van der Waals surface area contributed by atoms with Crippen LogP contribution in [0.2, 0.25) is 0 Å². The van der Waals surface area contributed by atoms with Gasteiger partial charge in [-0.2, -0.15) is 0 Å². The first-order valence-corrected chi connectivity index (χ1v) is 10.4. The Hall–Kier alpha value is -3.19. The van der Waals surface area contributed by atoms with Crippen LogP contribution in [0.4, 0.5) is 17.3 Å². The normalized spacial score (nSPS) is 18.9. The topological polar surface area (TPSA) is 96.2 Å². The van der Waals surface area contributed by atoms with E-state index in [1.165, 1.54) is 12.8 Å². The molecule has 2 unspecified atom stereocenters. The Morgan fingerprint density at radius 1 is 1.13 bits per heavy atom. The highest BCUT2D eigenvalue weighted by Crippen LogP contribution is 2.29. The maximum absolute atomic E-state index is 12.0. The van der Waals surface area contributed by atoms with E-state index < -0.39 is 5.91 Å². The second-order valence-corrected chi connectivity index (χ2v) is 7.85. The van der Waals surface area contributed by atoms with Crippen molar-refractivity contribution in [3.05, 3.63) is 54.4 Å². The van der Waals surface area contributed by atoms with Crippen LogP contribution >= 0.6 is 0 Å². The molecule has 0 radical (unpaired) electrons. The molecule has 1 aliphatic rings. The van der Waals surface area contributed by atoms with E-state index in [0.717, 1.165) is 35.1 Å². The zero-order chi connectivity index (χ0) is 21.1. The van der Waals surface area contributed by atoms with Gasteiger partial charge in [0.1, 0.15) is 11.6 Å². The molecule has 3 aromatic rings. The molecule has 4 N–H and O–H groups in total. The number of likely N-dealkylation sites (N-methyl/N-ethyl adjacent to an activating group) is 2. The number of anilines is 3. The van der Waals surface area contributed by atoms with Crippen molar-refractivity contribution in [3.63, 3.8) is 0 Å². The van der Waals surface area contributed by atoms with Crippen LogP contribution in [-0.2, 0) is 0 Å². The fourth-order valence-electron chi connectivity index (χ4n) is 4.32. The maximum atomic E-state index is 12.0. The largest absolute Gasteiger partial charge is 0.365 e. The predicted molar refractivity (Wildman–Crippen MR) is 121 cm³/mol. The summed E-state index contributed by atoms with van der Waals surface area (Å²) in [6.07, 6.45) is 8.30. The number of nitrogens with two attached hydrogens (primary N) is 1. The first-order chi connectivity index (χ1) is 14.6. The Labute approximate surface area is 176 Å². The molecule has 2 atom stereocenters. The summed E-state index contributed by atoms with van der Waals surface area (Å²) < 4.78 is 0. The molecule has 0 aliphatic heterocycles. The third-order valence-corrected chi connectivity index (χ3v) is 6.01. The molecule has 1 fully saturated rings. The van der Waals surface area contributed by atoms with Gasteiger partial charge < -0.3 is 21.3 Å². The van der Waals surface area contributed by atoms with Gasteiger partial charge in [0.2, 0.25) is 0 Å². The number of hydrogen-bond acceptors (Lipinski definition) is 6. The fourth-order valence-corrected chi connectivity index (χ4v) is 4.32. The van der Waals surface area contributed by atoms with Crippen molar-refractivity contribution in [1.29, 1.82) is 0 Å². The minimum atomic E-state index is -0.507. The quantitative estimate of drug-likeness (QED) is 0.582. The van der Waals surface area contributed by atoms with E-state index in [0.29, 0.717) is 23.5 Å². The number of rotatable bonds is 6. The number of hydrogen-bond donors (Lipinski definition) is 3. The molecule has 30 heavy (non-hydrogen) atoms. The summed E-state index contributed by atoms with van der Waals surface area (Å²) >= 11 is 0. The number of fused-ring (bicyclic) bond motifs is 1. The number of nitrogens with one attached hydrogen (secondary N) is 2. The van der Waals surface area contributed by atoms with Crippen molar-refractivity contribution in [2.45, 2.75) is 37.8 Å². The molecule has 4 rings (SSSR count). The molecule has 2 aromatic heterocycles. The number of primary amides is 1. The van der Waals surface area contributed by atoms with Crippen LogP contribution < -0.4 is 21.3 Å². The number of benzene rings is 1. The van der Waals surface area contributed by atoms with Crippen LogP contribution in [-0.4, -0.2) is 42.1 Å². The molecule has 156 valence electrons. The lowest BCUT2D eigenvalue weighted by molar-refractivity contribution is 0.100. The van der Waals surface area contributed by atoms with Crippen molar-refractivity contribution in [2.75, 3.05) is 24.3 Å². The van der Waals surface area contributed by atoms with Crippen LogP contribution in [0.1, 0.15) is 36.0 Å². The van der Waals surface area contributed by atoms with E-state index in [1.54, 1.807) is 12.3 Å². The van der Waals surface area contributed by atoms with Crippen molar-refractivity contribution >= 4 is 34.0 Å². The van der Waals surface area contributed by atoms with Gasteiger partial charge in [-0.3, -0.25) is 9.78 Å². The highest BCUT2D eigenvalue weighted by atomic mass is 16.1. The van der Waals surface area contributed by atoms with E-state index in [2.05, 4.69) is 27.6 Å². The van der Waals surface area contributed by atoms with Gasteiger partial charge in [-0.15, -0.1) is 0 Å². The monoisotopic (exact) mass is 404 g/mol. The van der Waals surface area contributed by atoms with E-state index >= 15 is 0 Å². The van der Waals surface area contributed by atoms with Gasteiger partial charge in [-0.1, -0.05) is 18.9 Å². The number of carbonyl (C=O) groups excluding carboxylic acids is 1. The number of carbonyl (C=O) groups is 1. The molecular formula is C23H28N6O. The Balaban J connectivity index is 1.66. The number of aromatic nitrogens is 2. The molecule has 7 nitrogen and oxygen atoms in total. The Morgan fingerprint density at radius 3 is 2.77 bits per heavy atom. The van der Waals surface area contributed by atoms with Crippen molar-refractivity contribution in [1.82, 2.24) is 15.3 Å². The molecule has 1 amide bonds. The standard InChI is InChI=1S/C23H28N6O/c1-25-19-5-3-4-6-20(19)29(2)21-10-9-18(22(24)30)23(28-21)27-17-8-7-15-11-12-26-14-16(15)13-17/h7-14,19-20,25H,3-6H2,1-2H3,(H2,24,30)(H,27,28). The van der Waals surface area contributed by atoms with Crippen LogP contribution in [0, 0.1) is 0 Å². The van der Waals surface area contributed by atoms with Crippen molar-refractivity contribution in [3.8, 4) is 0 Å². The van der Waals surface area contributed by atoms with Gasteiger partial charge >= 0.3 is 0 Å². The summed E-state index contributed by atoms with van der Waals surface area (Å²) in [5.74, 6) is 0.774. The number of pyridine rings is 2. The van der Waals surface area contributed by atoms with Crippen LogP contribution in [0.25, 0.3) is 10.8 Å². The molecule has 1 aliphatic carbocycles. The van der Waals surface area contributed by atoms with Crippen LogP contribution in [0.15, 0.2) is 48.8 Å². The van der Waals surface area contributed by atoms with Gasteiger partial charge in [0, 0.05) is 42.6 Å². The maximum Gasteiger partial charge on any atom is 0.252 e. The summed E-state index contributed by atoms with van der Waals surface area (Å²) in [6, 6.07) is 12.3. The SMILES string of the molecule is CNC1CCCCC1N(C)c1ccc(C(N)=O)c(Nc2ccc3ccncc3c2)n1. The summed E-state index contributed by atoms with van der Waals surface area (Å²) in [5, 5.41) is 8.84. The van der Waals surface area contributed by atoms with Gasteiger partial charge in [0.15, 0.2) is 0 Å². The smallest absolute Gasteiger partial charge is 0.252 e. The summed E-state index contributed by atoms with van der Waals surface area (Å²) in [5.41, 5.74) is 6.82. The summed E-state index contributed by atoms with van der Waals surface area (Å²) in [6.45, 7) is 0. The van der Waals surface area contributed by atoms with E-state index in [9.17, 15) is 4.79 Å². The van der Waals surface area contributed by atoms with E-state index in [4.69, 9.17) is 10.7 Å². The molecular weight excluding hydrogens is 376 g/mol. The first kappa shape index (κ1) is 20.1. The van der Waals surface area contributed by atoms with E-state index in [1.807, 2.05) is 43.6 Å². The Kier molecular flexibility index (Phi) is 5.81. The minimum absolute atomic E-state index is 0.357. The molecule has 1 aromatic carbocycles. The third kappa shape index (κ3) is 4.07. The average molecular weight is 405 g/mol. The third-order valence-electron chi connectivity index (χ3n) is 6.01. The second kappa shape index (κ2) is 8.67. The Bertz CT molecular complexity index is 1050. The zero-order valence-electron chi connectivity index (χ0n) is 17.4. The Morgan fingerprint density at radius 2 is 1.97 bits per heavy atom. The minimum Gasteiger partial charge on any atom is -0.365 e. The lowest BCUT2D eigenvalue weighted by atomic mass is 9.89. The summed E-state index contributed by atoms with van der Waals surface area (Å²) in [7, 11) is 4.08.